The van der Waals surface area contributed by atoms with Crippen molar-refractivity contribution in [3.8, 4) is 0 Å². The Hall–Kier alpha value is -1.34. The molecule has 0 saturated carbocycles. The monoisotopic (exact) mass is 340 g/mol. The summed E-state index contributed by atoms with van der Waals surface area (Å²) in [4.78, 5) is 18.9. The standard InChI is InChI=1S/C16H28N4O2S/c1-3-16(2,7-11-21)19-14(22)17-8-6-13-12-23-15(18-13)20-9-4-5-10-20/h12,21H,3-11H2,1-2H3,(H2,17,19,22). The van der Waals surface area contributed by atoms with E-state index in [0.29, 0.717) is 13.0 Å². The fraction of sp³-hybridized carbons (Fsp3) is 0.750. The summed E-state index contributed by atoms with van der Waals surface area (Å²) < 4.78 is 0. The van der Waals surface area contributed by atoms with Crippen LogP contribution in [0.2, 0.25) is 0 Å². The van der Waals surface area contributed by atoms with Gasteiger partial charge in [-0.3, -0.25) is 0 Å². The third-order valence-electron chi connectivity index (χ3n) is 4.44. The van der Waals surface area contributed by atoms with Gasteiger partial charge < -0.3 is 20.6 Å². The molecule has 1 aromatic heterocycles. The Morgan fingerprint density at radius 2 is 2.22 bits per heavy atom. The number of urea groups is 1. The van der Waals surface area contributed by atoms with Crippen LogP contribution in [0.3, 0.4) is 0 Å². The maximum absolute atomic E-state index is 12.0. The van der Waals surface area contributed by atoms with Crippen LogP contribution in [-0.4, -0.2) is 47.9 Å². The first-order valence-corrected chi connectivity index (χ1v) is 9.30. The highest BCUT2D eigenvalue weighted by Gasteiger charge is 2.23. The molecule has 1 atom stereocenters. The van der Waals surface area contributed by atoms with Crippen molar-refractivity contribution in [2.45, 2.75) is 51.5 Å². The van der Waals surface area contributed by atoms with Gasteiger partial charge in [0.05, 0.1) is 5.69 Å². The van der Waals surface area contributed by atoms with E-state index in [1.54, 1.807) is 11.3 Å². The Morgan fingerprint density at radius 1 is 1.48 bits per heavy atom. The second-order valence-corrected chi connectivity index (χ2v) is 7.17. The van der Waals surface area contributed by atoms with Crippen molar-refractivity contribution in [1.82, 2.24) is 15.6 Å². The number of amides is 2. The normalized spacial score (nSPS) is 17.1. The van der Waals surface area contributed by atoms with Gasteiger partial charge in [-0.1, -0.05) is 6.92 Å². The molecule has 2 rings (SSSR count). The van der Waals surface area contributed by atoms with E-state index in [0.717, 1.165) is 36.8 Å². The largest absolute Gasteiger partial charge is 0.396 e. The van der Waals surface area contributed by atoms with Crippen molar-refractivity contribution in [1.29, 1.82) is 0 Å². The van der Waals surface area contributed by atoms with Gasteiger partial charge >= 0.3 is 6.03 Å². The van der Waals surface area contributed by atoms with Crippen molar-refractivity contribution >= 4 is 22.5 Å². The molecule has 1 aromatic rings. The maximum atomic E-state index is 12.0. The number of aliphatic hydroxyl groups excluding tert-OH is 1. The number of nitrogens with zero attached hydrogens (tertiary/aromatic N) is 2. The summed E-state index contributed by atoms with van der Waals surface area (Å²) in [7, 11) is 0. The van der Waals surface area contributed by atoms with Crippen LogP contribution in [0.4, 0.5) is 9.93 Å². The molecule has 1 aliphatic heterocycles. The summed E-state index contributed by atoms with van der Waals surface area (Å²) in [5.41, 5.74) is 0.674. The van der Waals surface area contributed by atoms with Gasteiger partial charge in [0.1, 0.15) is 0 Å². The molecule has 0 spiro atoms. The number of rotatable bonds is 8. The predicted octanol–water partition coefficient (Wildman–Crippen LogP) is 2.14. The van der Waals surface area contributed by atoms with Gasteiger partial charge in [0.2, 0.25) is 0 Å². The summed E-state index contributed by atoms with van der Waals surface area (Å²) in [6.45, 7) is 6.80. The molecule has 23 heavy (non-hydrogen) atoms. The third-order valence-corrected chi connectivity index (χ3v) is 5.39. The van der Waals surface area contributed by atoms with E-state index >= 15 is 0 Å². The summed E-state index contributed by atoms with van der Waals surface area (Å²) in [6.07, 6.45) is 4.58. The Labute approximate surface area is 142 Å². The van der Waals surface area contributed by atoms with Gasteiger partial charge in [-0.15, -0.1) is 11.3 Å². The van der Waals surface area contributed by atoms with E-state index in [-0.39, 0.29) is 18.2 Å². The van der Waals surface area contributed by atoms with E-state index in [9.17, 15) is 4.79 Å². The number of carbonyl (C=O) groups is 1. The summed E-state index contributed by atoms with van der Waals surface area (Å²) >= 11 is 1.68. The molecule has 7 heteroatoms. The van der Waals surface area contributed by atoms with E-state index in [2.05, 4.69) is 25.9 Å². The predicted molar refractivity (Wildman–Crippen MR) is 94.2 cm³/mol. The number of aromatic nitrogens is 1. The van der Waals surface area contributed by atoms with Crippen LogP contribution in [0, 0.1) is 0 Å². The lowest BCUT2D eigenvalue weighted by Crippen LogP contribution is -2.50. The molecule has 1 saturated heterocycles. The minimum Gasteiger partial charge on any atom is -0.396 e. The maximum Gasteiger partial charge on any atom is 0.315 e. The van der Waals surface area contributed by atoms with Crippen LogP contribution in [0.1, 0.15) is 45.2 Å². The van der Waals surface area contributed by atoms with Gasteiger partial charge in [-0.2, -0.15) is 0 Å². The Kier molecular flexibility index (Phi) is 6.65. The highest BCUT2D eigenvalue weighted by molar-refractivity contribution is 7.13. The van der Waals surface area contributed by atoms with Gasteiger partial charge in [0.25, 0.3) is 0 Å². The quantitative estimate of drug-likeness (QED) is 0.677. The number of hydrogen-bond acceptors (Lipinski definition) is 5. The number of hydrogen-bond donors (Lipinski definition) is 3. The van der Waals surface area contributed by atoms with Crippen LogP contribution < -0.4 is 15.5 Å². The molecule has 0 aliphatic carbocycles. The first-order valence-electron chi connectivity index (χ1n) is 8.42. The van der Waals surface area contributed by atoms with Gasteiger partial charge in [0, 0.05) is 43.6 Å². The Morgan fingerprint density at radius 3 is 2.87 bits per heavy atom. The lowest BCUT2D eigenvalue weighted by molar-refractivity contribution is 0.201. The van der Waals surface area contributed by atoms with Gasteiger partial charge in [-0.05, 0) is 32.6 Å². The highest BCUT2D eigenvalue weighted by atomic mass is 32.1. The number of nitrogens with one attached hydrogen (secondary N) is 2. The van der Waals surface area contributed by atoms with Gasteiger partial charge in [-0.25, -0.2) is 9.78 Å². The molecule has 0 bridgehead atoms. The van der Waals surface area contributed by atoms with Crippen LogP contribution >= 0.6 is 11.3 Å². The SMILES string of the molecule is CCC(C)(CCO)NC(=O)NCCc1csc(N2CCCC2)n1. The third kappa shape index (κ3) is 5.35. The lowest BCUT2D eigenvalue weighted by Gasteiger charge is -2.28. The second kappa shape index (κ2) is 8.49. The zero-order valence-corrected chi connectivity index (χ0v) is 14.9. The molecule has 2 amide bonds. The van der Waals surface area contributed by atoms with Crippen molar-refractivity contribution in [3.63, 3.8) is 0 Å². The fourth-order valence-electron chi connectivity index (χ4n) is 2.66. The molecule has 1 aliphatic rings. The molecule has 2 heterocycles. The van der Waals surface area contributed by atoms with Crippen LogP contribution in [0.25, 0.3) is 0 Å². The summed E-state index contributed by atoms with van der Waals surface area (Å²) in [5, 5.41) is 18.1. The molecule has 6 nitrogen and oxygen atoms in total. The molecule has 130 valence electrons. The fourth-order valence-corrected chi connectivity index (χ4v) is 3.58. The molecular formula is C16H28N4O2S. The average Bonchev–Trinajstić information content (AvgIpc) is 3.18. The summed E-state index contributed by atoms with van der Waals surface area (Å²) in [5.74, 6) is 0. The minimum atomic E-state index is -0.359. The first-order chi connectivity index (χ1) is 11.1. The topological polar surface area (TPSA) is 77.5 Å². The highest BCUT2D eigenvalue weighted by Crippen LogP contribution is 2.24. The first kappa shape index (κ1) is 18.0. The Balaban J connectivity index is 1.73. The van der Waals surface area contributed by atoms with Gasteiger partial charge in [0.15, 0.2) is 5.13 Å². The lowest BCUT2D eigenvalue weighted by atomic mass is 9.95. The minimum absolute atomic E-state index is 0.0721. The second-order valence-electron chi connectivity index (χ2n) is 6.33. The number of thiazole rings is 1. The van der Waals surface area contributed by atoms with Crippen molar-refractivity contribution in [2.75, 3.05) is 31.1 Å². The van der Waals surface area contributed by atoms with Crippen molar-refractivity contribution in [3.05, 3.63) is 11.1 Å². The number of aliphatic hydroxyl groups is 1. The molecule has 0 radical (unpaired) electrons. The van der Waals surface area contributed by atoms with E-state index in [1.165, 1.54) is 12.8 Å². The van der Waals surface area contributed by atoms with Crippen molar-refractivity contribution in [2.24, 2.45) is 0 Å². The number of carbonyl (C=O) groups excluding carboxylic acids is 1. The molecular weight excluding hydrogens is 312 g/mol. The number of anilines is 1. The van der Waals surface area contributed by atoms with E-state index in [4.69, 9.17) is 5.11 Å². The zero-order valence-electron chi connectivity index (χ0n) is 14.1. The molecule has 1 fully saturated rings. The van der Waals surface area contributed by atoms with E-state index < -0.39 is 0 Å². The van der Waals surface area contributed by atoms with Crippen molar-refractivity contribution < 1.29 is 9.90 Å². The molecule has 1 unspecified atom stereocenters. The molecule has 3 N–H and O–H groups in total. The van der Waals surface area contributed by atoms with E-state index in [1.807, 2.05) is 13.8 Å². The van der Waals surface area contributed by atoms with Crippen LogP contribution in [-0.2, 0) is 6.42 Å². The van der Waals surface area contributed by atoms with Crippen LogP contribution in [0.5, 0.6) is 0 Å². The average molecular weight is 340 g/mol. The Bertz CT molecular complexity index is 502. The molecule has 0 aromatic carbocycles. The smallest absolute Gasteiger partial charge is 0.315 e. The summed E-state index contributed by atoms with van der Waals surface area (Å²) in [6, 6.07) is -0.183. The zero-order chi connectivity index (χ0) is 16.7. The van der Waals surface area contributed by atoms with Crippen LogP contribution in [0.15, 0.2) is 5.38 Å².